The fourth-order valence-electron chi connectivity index (χ4n) is 3.04. The highest BCUT2D eigenvalue weighted by molar-refractivity contribution is 6.36. The van der Waals surface area contributed by atoms with Crippen LogP contribution in [-0.2, 0) is 9.59 Å². The van der Waals surface area contributed by atoms with E-state index < -0.39 is 46.0 Å². The number of ketones is 3. The number of carbonyl (C=O) groups excluding carboxylic acids is 3. The number of hydrogen-bond donors (Lipinski definition) is 0. The van der Waals surface area contributed by atoms with Crippen LogP contribution in [0.4, 0.5) is 8.78 Å². The van der Waals surface area contributed by atoms with Crippen LogP contribution < -0.4 is 0 Å². The van der Waals surface area contributed by atoms with E-state index in [4.69, 9.17) is 11.6 Å². The van der Waals surface area contributed by atoms with Crippen molar-refractivity contribution in [2.75, 3.05) is 0 Å². The molecule has 0 bridgehead atoms. The molecule has 1 aliphatic rings. The van der Waals surface area contributed by atoms with Gasteiger partial charge in [0.25, 0.3) is 6.43 Å². The topological polar surface area (TPSA) is 77.0 Å². The predicted octanol–water partition coefficient (Wildman–Crippen LogP) is 3.65. The molecule has 1 fully saturated rings. The molecule has 25 heavy (non-hydrogen) atoms. The average molecular weight is 367 g/mol. The van der Waals surface area contributed by atoms with Gasteiger partial charge in [-0.2, -0.15) is 0 Å². The molecule has 2 heterocycles. The largest absolute Gasteiger partial charge is 0.298 e. The quantitative estimate of drug-likeness (QED) is 0.470. The minimum atomic E-state index is -3.04. The molecule has 0 saturated heterocycles. The average Bonchev–Trinajstić information content (AvgIpc) is 2.52. The van der Waals surface area contributed by atoms with Crippen LogP contribution in [-0.4, -0.2) is 27.3 Å². The van der Waals surface area contributed by atoms with Crippen LogP contribution in [0.25, 0.3) is 11.0 Å². The second-order valence-electron chi connectivity index (χ2n) is 5.90. The summed E-state index contributed by atoms with van der Waals surface area (Å²) in [4.78, 5) is 44.8. The second-order valence-corrected chi connectivity index (χ2v) is 6.26. The predicted molar refractivity (Wildman–Crippen MR) is 85.9 cm³/mol. The summed E-state index contributed by atoms with van der Waals surface area (Å²) in [5, 5.41) is -0.499. The molecular weight excluding hydrogens is 354 g/mol. The Bertz CT molecular complexity index is 898. The Morgan fingerprint density at radius 3 is 2.44 bits per heavy atom. The summed E-state index contributed by atoms with van der Waals surface area (Å²) in [5.74, 6) is -3.73. The molecule has 0 atom stereocenters. The Morgan fingerprint density at radius 2 is 1.84 bits per heavy atom. The van der Waals surface area contributed by atoms with Crippen LogP contribution in [0.5, 0.6) is 0 Å². The molecule has 5 nitrogen and oxygen atoms in total. The maximum Gasteiger partial charge on any atom is 0.265 e. The van der Waals surface area contributed by atoms with E-state index in [1.165, 1.54) is 12.1 Å². The third kappa shape index (κ3) is 3.04. The first-order valence-corrected chi connectivity index (χ1v) is 8.03. The molecule has 2 aromatic heterocycles. The number of alkyl halides is 2. The van der Waals surface area contributed by atoms with Crippen molar-refractivity contribution < 1.29 is 23.2 Å². The zero-order valence-electron chi connectivity index (χ0n) is 13.2. The molecule has 130 valence electrons. The van der Waals surface area contributed by atoms with Crippen LogP contribution in [0.3, 0.4) is 0 Å². The minimum absolute atomic E-state index is 0.0156. The van der Waals surface area contributed by atoms with Gasteiger partial charge in [-0.15, -0.1) is 0 Å². The van der Waals surface area contributed by atoms with Gasteiger partial charge in [0.15, 0.2) is 23.0 Å². The molecule has 0 aliphatic heterocycles. The van der Waals surface area contributed by atoms with E-state index in [9.17, 15) is 23.2 Å². The standard InChI is InChI=1S/C17H13ClF2N2O3/c1-7-5-6-8-11(16(19)20)13(15(18)22-17(8)21-7)14(25)12-9(23)3-2-4-10(12)24/h5-6,12,16H,2-4H2,1H3. The fraction of sp³-hybridized carbons (Fsp3) is 0.353. The number of pyridine rings is 2. The van der Waals surface area contributed by atoms with Crippen molar-refractivity contribution in [2.24, 2.45) is 5.92 Å². The van der Waals surface area contributed by atoms with Crippen LogP contribution in [0.15, 0.2) is 12.1 Å². The van der Waals surface area contributed by atoms with Crippen molar-refractivity contribution in [1.29, 1.82) is 0 Å². The van der Waals surface area contributed by atoms with Crippen molar-refractivity contribution in [3.63, 3.8) is 0 Å². The molecule has 0 amide bonds. The van der Waals surface area contributed by atoms with Crippen LogP contribution in [0.1, 0.15) is 47.3 Å². The van der Waals surface area contributed by atoms with Gasteiger partial charge in [0, 0.05) is 29.5 Å². The first-order chi connectivity index (χ1) is 11.8. The normalized spacial score (nSPS) is 16.0. The number of fused-ring (bicyclic) bond motifs is 1. The third-order valence-electron chi connectivity index (χ3n) is 4.20. The van der Waals surface area contributed by atoms with Gasteiger partial charge in [-0.05, 0) is 25.5 Å². The summed E-state index contributed by atoms with van der Waals surface area (Å²) >= 11 is 5.99. The minimum Gasteiger partial charge on any atom is -0.298 e. The summed E-state index contributed by atoms with van der Waals surface area (Å²) < 4.78 is 27.4. The van der Waals surface area contributed by atoms with Crippen molar-refractivity contribution in [1.82, 2.24) is 9.97 Å². The summed E-state index contributed by atoms with van der Waals surface area (Å²) in [5.41, 5.74) is -0.673. The summed E-state index contributed by atoms with van der Waals surface area (Å²) in [7, 11) is 0. The van der Waals surface area contributed by atoms with Gasteiger partial charge in [-0.3, -0.25) is 14.4 Å². The molecule has 8 heteroatoms. The second kappa shape index (κ2) is 6.55. The first-order valence-electron chi connectivity index (χ1n) is 7.65. The van der Waals surface area contributed by atoms with Gasteiger partial charge in [0.05, 0.1) is 5.56 Å². The molecule has 1 aliphatic carbocycles. The first kappa shape index (κ1) is 17.5. The van der Waals surface area contributed by atoms with Gasteiger partial charge in [0.2, 0.25) is 0 Å². The summed E-state index contributed by atoms with van der Waals surface area (Å²) in [6.45, 7) is 1.66. The van der Waals surface area contributed by atoms with Crippen molar-refractivity contribution in [3.8, 4) is 0 Å². The van der Waals surface area contributed by atoms with E-state index in [-0.39, 0.29) is 23.9 Å². The molecule has 2 aromatic rings. The lowest BCUT2D eigenvalue weighted by molar-refractivity contribution is -0.133. The van der Waals surface area contributed by atoms with E-state index in [0.29, 0.717) is 12.1 Å². The van der Waals surface area contributed by atoms with E-state index in [1.54, 1.807) is 6.92 Å². The lowest BCUT2D eigenvalue weighted by Crippen LogP contribution is -2.36. The van der Waals surface area contributed by atoms with E-state index in [2.05, 4.69) is 9.97 Å². The zero-order valence-corrected chi connectivity index (χ0v) is 13.9. The smallest absolute Gasteiger partial charge is 0.265 e. The number of aryl methyl sites for hydroxylation is 1. The molecule has 3 rings (SSSR count). The number of rotatable bonds is 3. The number of carbonyl (C=O) groups is 3. The Kier molecular flexibility index (Phi) is 4.60. The highest BCUT2D eigenvalue weighted by Gasteiger charge is 2.40. The molecule has 0 radical (unpaired) electrons. The number of hydrogen-bond acceptors (Lipinski definition) is 5. The summed E-state index contributed by atoms with van der Waals surface area (Å²) in [6, 6.07) is 2.89. The molecular formula is C17H13ClF2N2O3. The SMILES string of the molecule is Cc1ccc2c(C(F)F)c(C(=O)C3C(=O)CCCC3=O)c(Cl)nc2n1. The third-order valence-corrected chi connectivity index (χ3v) is 4.47. The number of Topliss-reactive ketones (excluding diaryl/α,β-unsaturated/α-hetero) is 3. The van der Waals surface area contributed by atoms with Crippen LogP contribution in [0, 0.1) is 12.8 Å². The van der Waals surface area contributed by atoms with E-state index >= 15 is 0 Å². The van der Waals surface area contributed by atoms with Gasteiger partial charge in [-0.1, -0.05) is 11.6 Å². The number of aromatic nitrogens is 2. The molecule has 0 aromatic carbocycles. The van der Waals surface area contributed by atoms with E-state index in [1.807, 2.05) is 0 Å². The highest BCUT2D eigenvalue weighted by atomic mass is 35.5. The fourth-order valence-corrected chi connectivity index (χ4v) is 3.31. The Hall–Kier alpha value is -2.28. The summed E-state index contributed by atoms with van der Waals surface area (Å²) in [6.07, 6.45) is -2.56. The zero-order chi connectivity index (χ0) is 18.3. The maximum absolute atomic E-state index is 13.7. The Balaban J connectivity index is 2.24. The van der Waals surface area contributed by atoms with Crippen molar-refractivity contribution in [3.05, 3.63) is 34.1 Å². The maximum atomic E-state index is 13.7. The lowest BCUT2D eigenvalue weighted by atomic mass is 9.81. The Morgan fingerprint density at radius 1 is 1.20 bits per heavy atom. The molecule has 1 saturated carbocycles. The number of nitrogens with zero attached hydrogens (tertiary/aromatic N) is 2. The molecule has 0 unspecified atom stereocenters. The van der Waals surface area contributed by atoms with Crippen LogP contribution in [0.2, 0.25) is 5.15 Å². The highest BCUT2D eigenvalue weighted by Crippen LogP contribution is 2.36. The monoisotopic (exact) mass is 366 g/mol. The van der Waals surface area contributed by atoms with Crippen LogP contribution >= 0.6 is 11.6 Å². The van der Waals surface area contributed by atoms with Crippen molar-refractivity contribution >= 4 is 40.0 Å². The van der Waals surface area contributed by atoms with Gasteiger partial charge >= 0.3 is 0 Å². The molecule has 0 spiro atoms. The number of halogens is 3. The van der Waals surface area contributed by atoms with E-state index in [0.717, 1.165) is 0 Å². The van der Waals surface area contributed by atoms with Gasteiger partial charge in [-0.25, -0.2) is 18.7 Å². The lowest BCUT2D eigenvalue weighted by Gasteiger charge is -2.20. The Labute approximate surface area is 146 Å². The van der Waals surface area contributed by atoms with Crippen molar-refractivity contribution in [2.45, 2.75) is 32.6 Å². The van der Waals surface area contributed by atoms with Gasteiger partial charge in [0.1, 0.15) is 11.1 Å². The van der Waals surface area contributed by atoms with Gasteiger partial charge < -0.3 is 0 Å². The molecule has 0 N–H and O–H groups in total.